The third-order valence-corrected chi connectivity index (χ3v) is 5.26. The number of carbonyl (C=O) groups excluding carboxylic acids is 1. The molecule has 30 heavy (non-hydrogen) atoms. The van der Waals surface area contributed by atoms with Gasteiger partial charge in [-0.25, -0.2) is 0 Å². The van der Waals surface area contributed by atoms with Crippen molar-refractivity contribution in [3.8, 4) is 0 Å². The Labute approximate surface area is 178 Å². The van der Waals surface area contributed by atoms with Crippen LogP contribution in [-0.4, -0.2) is 35.2 Å². The summed E-state index contributed by atoms with van der Waals surface area (Å²) in [6.45, 7) is 1.34. The molecule has 0 heterocycles. The molecule has 0 aliphatic rings. The average molecular weight is 404 g/mol. The number of aliphatic hydroxyl groups is 1. The predicted molar refractivity (Wildman–Crippen MR) is 119 cm³/mol. The summed E-state index contributed by atoms with van der Waals surface area (Å²) in [5.74, 6) is -0.403. The van der Waals surface area contributed by atoms with Crippen LogP contribution in [0.4, 0.5) is 0 Å². The quantitative estimate of drug-likeness (QED) is 0.515. The molecule has 1 N–H and O–H groups in total. The Balaban J connectivity index is 1.91. The Morgan fingerprint density at radius 2 is 1.23 bits per heavy atom. The van der Waals surface area contributed by atoms with Crippen LogP contribution in [0.15, 0.2) is 91.0 Å². The van der Waals surface area contributed by atoms with Crippen LogP contribution in [0.3, 0.4) is 0 Å². The van der Waals surface area contributed by atoms with Gasteiger partial charge in [-0.15, -0.1) is 0 Å². The number of carbonyl (C=O) groups is 1. The largest absolute Gasteiger partial charge is 0.469 e. The van der Waals surface area contributed by atoms with Gasteiger partial charge in [0.15, 0.2) is 0 Å². The lowest BCUT2D eigenvalue weighted by atomic mass is 9.96. The molecule has 3 rings (SSSR count). The molecule has 0 bridgehead atoms. The highest BCUT2D eigenvalue weighted by Crippen LogP contribution is 2.21. The predicted octanol–water partition coefficient (Wildman–Crippen LogP) is 4.22. The summed E-state index contributed by atoms with van der Waals surface area (Å²) >= 11 is 0. The third kappa shape index (κ3) is 6.55. The zero-order valence-corrected chi connectivity index (χ0v) is 17.4. The molecule has 0 unspecified atom stereocenters. The molecule has 0 spiro atoms. The van der Waals surface area contributed by atoms with Crippen LogP contribution in [0, 0.1) is 0 Å². The van der Waals surface area contributed by atoms with Gasteiger partial charge in [0.1, 0.15) is 0 Å². The molecule has 0 aromatic heterocycles. The van der Waals surface area contributed by atoms with Gasteiger partial charge in [0.05, 0.1) is 19.6 Å². The van der Waals surface area contributed by atoms with Crippen molar-refractivity contribution in [2.24, 2.45) is 0 Å². The van der Waals surface area contributed by atoms with E-state index >= 15 is 0 Å². The number of methoxy groups -OCH3 is 1. The molecular formula is C26H29NO3. The summed E-state index contributed by atoms with van der Waals surface area (Å²) in [6, 6.07) is 30.3. The third-order valence-electron chi connectivity index (χ3n) is 5.26. The monoisotopic (exact) mass is 403 g/mol. The van der Waals surface area contributed by atoms with Crippen LogP contribution in [-0.2, 0) is 29.0 Å². The molecule has 3 aromatic carbocycles. The fourth-order valence-corrected chi connectivity index (χ4v) is 3.68. The Morgan fingerprint density at radius 1 is 0.800 bits per heavy atom. The lowest BCUT2D eigenvalue weighted by molar-refractivity contribution is -0.144. The molecule has 0 aliphatic heterocycles. The number of ether oxygens (including phenoxy) is 1. The van der Waals surface area contributed by atoms with Crippen molar-refractivity contribution in [2.45, 2.75) is 38.1 Å². The van der Waals surface area contributed by atoms with Gasteiger partial charge in [-0.1, -0.05) is 91.0 Å². The number of hydrogen-bond donors (Lipinski definition) is 1. The zero-order valence-electron chi connectivity index (χ0n) is 17.4. The molecule has 0 aliphatic carbocycles. The second-order valence-electron chi connectivity index (χ2n) is 7.48. The van der Waals surface area contributed by atoms with E-state index in [1.807, 2.05) is 54.6 Å². The summed E-state index contributed by atoms with van der Waals surface area (Å²) in [6.07, 6.45) is -0.239. The highest BCUT2D eigenvalue weighted by atomic mass is 16.5. The van der Waals surface area contributed by atoms with E-state index in [2.05, 4.69) is 41.3 Å². The van der Waals surface area contributed by atoms with E-state index in [0.717, 1.165) is 16.7 Å². The molecule has 0 radical (unpaired) electrons. The van der Waals surface area contributed by atoms with Crippen LogP contribution in [0.25, 0.3) is 0 Å². The topological polar surface area (TPSA) is 49.8 Å². The van der Waals surface area contributed by atoms with Crippen molar-refractivity contribution in [1.29, 1.82) is 0 Å². The lowest BCUT2D eigenvalue weighted by Crippen LogP contribution is -2.45. The van der Waals surface area contributed by atoms with Crippen molar-refractivity contribution in [3.05, 3.63) is 108 Å². The standard InChI is InChI=1S/C26H29NO3/c1-30-26(29)18-25(28)24(17-21-11-5-2-6-12-21)27(19-22-13-7-3-8-14-22)20-23-15-9-4-10-16-23/h2-16,24-25,28H,17-20H2,1H3/t24-,25-/m0/s1. The summed E-state index contributed by atoms with van der Waals surface area (Å²) in [5.41, 5.74) is 3.45. The van der Waals surface area contributed by atoms with E-state index < -0.39 is 12.1 Å². The number of esters is 1. The molecule has 3 aromatic rings. The van der Waals surface area contributed by atoms with Gasteiger partial charge in [-0.2, -0.15) is 0 Å². The van der Waals surface area contributed by atoms with E-state index in [-0.39, 0.29) is 12.5 Å². The molecule has 0 saturated heterocycles. The fraction of sp³-hybridized carbons (Fsp3) is 0.269. The van der Waals surface area contributed by atoms with Gasteiger partial charge in [-0.3, -0.25) is 9.69 Å². The normalized spacial score (nSPS) is 13.0. The molecule has 4 heteroatoms. The maximum absolute atomic E-state index is 11.9. The minimum atomic E-state index is -0.843. The van der Waals surface area contributed by atoms with E-state index in [9.17, 15) is 9.90 Å². The Hall–Kier alpha value is -2.95. The first-order valence-electron chi connectivity index (χ1n) is 10.3. The van der Waals surface area contributed by atoms with Crippen molar-refractivity contribution in [3.63, 3.8) is 0 Å². The van der Waals surface area contributed by atoms with Crippen LogP contribution in [0.1, 0.15) is 23.1 Å². The number of rotatable bonds is 10. The van der Waals surface area contributed by atoms with Gasteiger partial charge < -0.3 is 9.84 Å². The highest BCUT2D eigenvalue weighted by Gasteiger charge is 2.29. The van der Waals surface area contributed by atoms with E-state index in [4.69, 9.17) is 4.74 Å². The van der Waals surface area contributed by atoms with Gasteiger partial charge in [0.2, 0.25) is 0 Å². The van der Waals surface area contributed by atoms with E-state index in [1.54, 1.807) is 0 Å². The van der Waals surface area contributed by atoms with Gasteiger partial charge in [-0.05, 0) is 23.1 Å². The first-order valence-corrected chi connectivity index (χ1v) is 10.3. The second-order valence-corrected chi connectivity index (χ2v) is 7.48. The Morgan fingerprint density at radius 3 is 1.67 bits per heavy atom. The molecule has 0 saturated carbocycles. The number of aliphatic hydroxyl groups excluding tert-OH is 1. The molecule has 156 valence electrons. The van der Waals surface area contributed by atoms with E-state index in [0.29, 0.717) is 19.5 Å². The maximum atomic E-state index is 11.9. The van der Waals surface area contributed by atoms with Gasteiger partial charge in [0.25, 0.3) is 0 Å². The SMILES string of the molecule is COC(=O)C[C@H](O)[C@H](Cc1ccccc1)N(Cc1ccccc1)Cc1ccccc1. The Bertz CT molecular complexity index is 842. The molecule has 4 nitrogen and oxygen atoms in total. The number of nitrogens with zero attached hydrogens (tertiary/aromatic N) is 1. The Kier molecular flexibility index (Phi) is 8.19. The molecule has 2 atom stereocenters. The smallest absolute Gasteiger partial charge is 0.308 e. The highest BCUT2D eigenvalue weighted by molar-refractivity contribution is 5.69. The number of benzene rings is 3. The van der Waals surface area contributed by atoms with Crippen molar-refractivity contribution >= 4 is 5.97 Å². The first-order chi connectivity index (χ1) is 14.7. The number of hydrogen-bond acceptors (Lipinski definition) is 4. The van der Waals surface area contributed by atoms with Crippen LogP contribution < -0.4 is 0 Å². The first kappa shape index (κ1) is 21.8. The zero-order chi connectivity index (χ0) is 21.2. The van der Waals surface area contributed by atoms with Gasteiger partial charge in [0, 0.05) is 19.1 Å². The molecule has 0 amide bonds. The molecular weight excluding hydrogens is 374 g/mol. The summed E-state index contributed by atoms with van der Waals surface area (Å²) in [5, 5.41) is 11.1. The average Bonchev–Trinajstić information content (AvgIpc) is 2.79. The minimum Gasteiger partial charge on any atom is -0.469 e. The van der Waals surface area contributed by atoms with Crippen molar-refractivity contribution < 1.29 is 14.6 Å². The van der Waals surface area contributed by atoms with Crippen LogP contribution in [0.5, 0.6) is 0 Å². The van der Waals surface area contributed by atoms with Crippen LogP contribution >= 0.6 is 0 Å². The fourth-order valence-electron chi connectivity index (χ4n) is 3.68. The minimum absolute atomic E-state index is 0.0337. The van der Waals surface area contributed by atoms with Crippen molar-refractivity contribution in [1.82, 2.24) is 4.90 Å². The molecule has 0 fully saturated rings. The second kappa shape index (κ2) is 11.3. The maximum Gasteiger partial charge on any atom is 0.308 e. The summed E-state index contributed by atoms with van der Waals surface area (Å²) < 4.78 is 4.82. The summed E-state index contributed by atoms with van der Waals surface area (Å²) in [7, 11) is 1.35. The van der Waals surface area contributed by atoms with Crippen LogP contribution in [0.2, 0.25) is 0 Å². The van der Waals surface area contributed by atoms with Gasteiger partial charge >= 0.3 is 5.97 Å². The lowest BCUT2D eigenvalue weighted by Gasteiger charge is -2.35. The van der Waals surface area contributed by atoms with E-state index in [1.165, 1.54) is 7.11 Å². The van der Waals surface area contributed by atoms with Crippen molar-refractivity contribution in [2.75, 3.05) is 7.11 Å². The summed E-state index contributed by atoms with van der Waals surface area (Å²) in [4.78, 5) is 14.2.